The van der Waals surface area contributed by atoms with E-state index in [9.17, 15) is 4.79 Å². The number of amides is 1. The van der Waals surface area contributed by atoms with E-state index in [1.807, 2.05) is 29.2 Å². The van der Waals surface area contributed by atoms with Crippen LogP contribution in [0.1, 0.15) is 34.9 Å². The van der Waals surface area contributed by atoms with E-state index in [-0.39, 0.29) is 11.9 Å². The van der Waals surface area contributed by atoms with Crippen LogP contribution in [0.5, 0.6) is 0 Å². The van der Waals surface area contributed by atoms with E-state index in [0.29, 0.717) is 5.56 Å². The zero-order valence-electron chi connectivity index (χ0n) is 10.6. The molecule has 3 heterocycles. The second kappa shape index (κ2) is 5.18. The average Bonchev–Trinajstić information content (AvgIpc) is 2.98. The van der Waals surface area contributed by atoms with Gasteiger partial charge in [0.2, 0.25) is 0 Å². The Bertz CT molecular complexity index is 556. The van der Waals surface area contributed by atoms with Crippen molar-refractivity contribution in [3.05, 3.63) is 60.2 Å². The second-order valence-electron chi connectivity index (χ2n) is 4.65. The molecule has 1 amide bonds. The van der Waals surface area contributed by atoms with Gasteiger partial charge in [0.25, 0.3) is 5.91 Å². The van der Waals surface area contributed by atoms with Gasteiger partial charge in [0, 0.05) is 25.1 Å². The topological polar surface area (TPSA) is 46.1 Å². The van der Waals surface area contributed by atoms with Gasteiger partial charge in [-0.05, 0) is 37.1 Å². The van der Waals surface area contributed by atoms with Gasteiger partial charge in [-0.3, -0.25) is 14.8 Å². The first-order valence-corrected chi connectivity index (χ1v) is 6.48. The SMILES string of the molecule is O=C(c1cccnc1)N1CCCC1c1ccccn1. The van der Waals surface area contributed by atoms with Crippen molar-refractivity contribution in [1.29, 1.82) is 0 Å². The lowest BCUT2D eigenvalue weighted by molar-refractivity contribution is 0.0732. The largest absolute Gasteiger partial charge is 0.330 e. The van der Waals surface area contributed by atoms with Gasteiger partial charge in [0.1, 0.15) is 0 Å². The predicted octanol–water partition coefficient (Wildman–Crippen LogP) is 2.45. The molecular formula is C15H15N3O. The van der Waals surface area contributed by atoms with E-state index in [1.54, 1.807) is 24.7 Å². The number of aromatic nitrogens is 2. The molecule has 1 unspecified atom stereocenters. The summed E-state index contributed by atoms with van der Waals surface area (Å²) in [6.07, 6.45) is 7.07. The Morgan fingerprint density at radius 2 is 2.16 bits per heavy atom. The Morgan fingerprint density at radius 1 is 1.21 bits per heavy atom. The molecule has 3 rings (SSSR count). The van der Waals surface area contributed by atoms with Crippen LogP contribution in [-0.2, 0) is 0 Å². The highest BCUT2D eigenvalue weighted by molar-refractivity contribution is 5.94. The quantitative estimate of drug-likeness (QED) is 0.826. The number of rotatable bonds is 2. The van der Waals surface area contributed by atoms with Crippen molar-refractivity contribution in [2.24, 2.45) is 0 Å². The van der Waals surface area contributed by atoms with Crippen molar-refractivity contribution in [2.45, 2.75) is 18.9 Å². The van der Waals surface area contributed by atoms with Gasteiger partial charge in [-0.25, -0.2) is 0 Å². The van der Waals surface area contributed by atoms with Crippen LogP contribution in [0.15, 0.2) is 48.9 Å². The minimum Gasteiger partial charge on any atom is -0.330 e. The summed E-state index contributed by atoms with van der Waals surface area (Å²) in [5.74, 6) is 0.0428. The molecule has 0 N–H and O–H groups in total. The number of carbonyl (C=O) groups excluding carboxylic acids is 1. The third-order valence-corrected chi connectivity index (χ3v) is 3.45. The van der Waals surface area contributed by atoms with Gasteiger partial charge in [0.05, 0.1) is 17.3 Å². The van der Waals surface area contributed by atoms with Crippen LogP contribution in [0.2, 0.25) is 0 Å². The highest BCUT2D eigenvalue weighted by atomic mass is 16.2. The Hall–Kier alpha value is -2.23. The van der Waals surface area contributed by atoms with Crippen LogP contribution in [0.25, 0.3) is 0 Å². The first-order valence-electron chi connectivity index (χ1n) is 6.48. The third kappa shape index (κ3) is 2.34. The van der Waals surface area contributed by atoms with Crippen molar-refractivity contribution in [2.75, 3.05) is 6.54 Å². The van der Waals surface area contributed by atoms with Crippen LogP contribution in [0.3, 0.4) is 0 Å². The van der Waals surface area contributed by atoms with Crippen molar-refractivity contribution in [3.63, 3.8) is 0 Å². The lowest BCUT2D eigenvalue weighted by Gasteiger charge is -2.24. The molecule has 19 heavy (non-hydrogen) atoms. The molecule has 0 bridgehead atoms. The van der Waals surface area contributed by atoms with Crippen LogP contribution in [0, 0.1) is 0 Å². The number of likely N-dealkylation sites (tertiary alicyclic amines) is 1. The standard InChI is InChI=1S/C15H15N3O/c19-15(12-5-3-8-16-11-12)18-10-4-7-14(18)13-6-1-2-9-17-13/h1-3,5-6,8-9,11,14H,4,7,10H2. The maximum atomic E-state index is 12.5. The molecule has 2 aromatic rings. The van der Waals surface area contributed by atoms with E-state index in [2.05, 4.69) is 9.97 Å². The Kier molecular flexibility index (Phi) is 3.23. The fourth-order valence-electron chi connectivity index (χ4n) is 2.55. The van der Waals surface area contributed by atoms with Crippen molar-refractivity contribution in [1.82, 2.24) is 14.9 Å². The lowest BCUT2D eigenvalue weighted by Crippen LogP contribution is -2.31. The Balaban J connectivity index is 1.86. The smallest absolute Gasteiger partial charge is 0.255 e. The minimum absolute atomic E-state index is 0.0428. The van der Waals surface area contributed by atoms with Crippen molar-refractivity contribution < 1.29 is 4.79 Å². The van der Waals surface area contributed by atoms with E-state index < -0.39 is 0 Å². The summed E-state index contributed by atoms with van der Waals surface area (Å²) in [6.45, 7) is 0.787. The molecule has 0 aromatic carbocycles. The van der Waals surface area contributed by atoms with E-state index in [0.717, 1.165) is 25.1 Å². The monoisotopic (exact) mass is 253 g/mol. The maximum absolute atomic E-state index is 12.5. The molecule has 0 spiro atoms. The van der Waals surface area contributed by atoms with Crippen molar-refractivity contribution >= 4 is 5.91 Å². The van der Waals surface area contributed by atoms with E-state index in [4.69, 9.17) is 0 Å². The highest BCUT2D eigenvalue weighted by Crippen LogP contribution is 2.31. The van der Waals surface area contributed by atoms with Crippen LogP contribution in [0.4, 0.5) is 0 Å². The van der Waals surface area contributed by atoms with Gasteiger partial charge in [-0.15, -0.1) is 0 Å². The summed E-state index contributed by atoms with van der Waals surface area (Å²) in [7, 11) is 0. The van der Waals surface area contributed by atoms with Gasteiger partial charge in [0.15, 0.2) is 0 Å². The zero-order chi connectivity index (χ0) is 13.1. The maximum Gasteiger partial charge on any atom is 0.255 e. The molecule has 0 radical (unpaired) electrons. The first kappa shape index (κ1) is 11.8. The molecule has 0 aliphatic carbocycles. The lowest BCUT2D eigenvalue weighted by atomic mass is 10.1. The molecule has 1 saturated heterocycles. The summed E-state index contributed by atoms with van der Waals surface area (Å²) in [4.78, 5) is 22.8. The number of carbonyl (C=O) groups is 1. The van der Waals surface area contributed by atoms with Gasteiger partial charge < -0.3 is 4.90 Å². The average molecular weight is 253 g/mol. The fraction of sp³-hybridized carbons (Fsp3) is 0.267. The van der Waals surface area contributed by atoms with Gasteiger partial charge in [-0.1, -0.05) is 6.07 Å². The van der Waals surface area contributed by atoms with Gasteiger partial charge >= 0.3 is 0 Å². The fourth-order valence-corrected chi connectivity index (χ4v) is 2.55. The Labute approximate surface area is 112 Å². The number of hydrogen-bond acceptors (Lipinski definition) is 3. The number of hydrogen-bond donors (Lipinski definition) is 0. The first-order chi connectivity index (χ1) is 9.36. The Morgan fingerprint density at radius 3 is 2.89 bits per heavy atom. The summed E-state index contributed by atoms with van der Waals surface area (Å²) >= 11 is 0. The molecule has 4 heteroatoms. The third-order valence-electron chi connectivity index (χ3n) is 3.45. The predicted molar refractivity (Wildman–Crippen MR) is 71.5 cm³/mol. The molecule has 1 aliphatic rings. The molecule has 96 valence electrons. The normalized spacial score (nSPS) is 18.5. The van der Waals surface area contributed by atoms with Crippen molar-refractivity contribution in [3.8, 4) is 0 Å². The number of pyridine rings is 2. The minimum atomic E-state index is 0.0428. The van der Waals surface area contributed by atoms with Crippen LogP contribution >= 0.6 is 0 Å². The molecule has 1 fully saturated rings. The summed E-state index contributed by atoms with van der Waals surface area (Å²) < 4.78 is 0. The molecular weight excluding hydrogens is 238 g/mol. The van der Waals surface area contributed by atoms with E-state index >= 15 is 0 Å². The zero-order valence-corrected chi connectivity index (χ0v) is 10.6. The molecule has 4 nitrogen and oxygen atoms in total. The highest BCUT2D eigenvalue weighted by Gasteiger charge is 2.31. The molecule has 2 aromatic heterocycles. The van der Waals surface area contributed by atoms with Gasteiger partial charge in [-0.2, -0.15) is 0 Å². The summed E-state index contributed by atoms with van der Waals surface area (Å²) in [5.41, 5.74) is 1.61. The molecule has 1 atom stereocenters. The summed E-state index contributed by atoms with van der Waals surface area (Å²) in [5, 5.41) is 0. The van der Waals surface area contributed by atoms with Crippen LogP contribution < -0.4 is 0 Å². The summed E-state index contributed by atoms with van der Waals surface area (Å²) in [6, 6.07) is 9.54. The molecule has 0 saturated carbocycles. The number of nitrogens with zero attached hydrogens (tertiary/aromatic N) is 3. The van der Waals surface area contributed by atoms with Crippen LogP contribution in [-0.4, -0.2) is 27.3 Å². The molecule has 1 aliphatic heterocycles. The van der Waals surface area contributed by atoms with E-state index in [1.165, 1.54) is 0 Å². The second-order valence-corrected chi connectivity index (χ2v) is 4.65.